The smallest absolute Gasteiger partial charge is 0.191 e. The fraction of sp³-hybridized carbons (Fsp3) is 0.444. The van der Waals surface area contributed by atoms with Gasteiger partial charge in [0.1, 0.15) is 5.01 Å². The van der Waals surface area contributed by atoms with E-state index in [9.17, 15) is 8.42 Å². The highest BCUT2D eigenvalue weighted by Crippen LogP contribution is 2.16. The Labute approximate surface area is 159 Å². The van der Waals surface area contributed by atoms with Crippen LogP contribution >= 0.6 is 11.3 Å². The third-order valence-corrected chi connectivity index (χ3v) is 5.63. The largest absolute Gasteiger partial charge is 0.357 e. The molecule has 1 aromatic carbocycles. The van der Waals surface area contributed by atoms with Crippen molar-refractivity contribution < 1.29 is 8.42 Å². The highest BCUT2D eigenvalue weighted by molar-refractivity contribution is 7.89. The van der Waals surface area contributed by atoms with Crippen LogP contribution < -0.4 is 10.6 Å². The van der Waals surface area contributed by atoms with Crippen molar-refractivity contribution in [3.8, 4) is 0 Å². The number of aliphatic imine (C=N–C) groups is 1. The summed E-state index contributed by atoms with van der Waals surface area (Å²) in [5.41, 5.74) is 2.89. The molecule has 2 rings (SSSR count). The van der Waals surface area contributed by atoms with Crippen LogP contribution in [0.4, 0.5) is 0 Å². The summed E-state index contributed by atoms with van der Waals surface area (Å²) in [5.74, 6) is 0.797. The standard InChI is InChI=1S/C18H26N4O2S2/c1-5-19-18(21-11-17-22-13(2)14(3)25-17)20-10-15-6-8-16(9-7-15)12-26(4,23)24/h6-9H,5,10-12H2,1-4H3,(H2,19,20,21). The number of aryl methyl sites for hydroxylation is 2. The van der Waals surface area contributed by atoms with Crippen LogP contribution in [0.25, 0.3) is 0 Å². The molecular formula is C18H26N4O2S2. The first kappa shape index (κ1) is 20.4. The molecule has 26 heavy (non-hydrogen) atoms. The van der Waals surface area contributed by atoms with E-state index in [1.54, 1.807) is 11.3 Å². The predicted octanol–water partition coefficient (Wildman–Crippen LogP) is 2.56. The Balaban J connectivity index is 1.97. The highest BCUT2D eigenvalue weighted by atomic mass is 32.2. The molecule has 0 unspecified atom stereocenters. The van der Waals surface area contributed by atoms with E-state index in [0.29, 0.717) is 13.1 Å². The topological polar surface area (TPSA) is 83.5 Å². The van der Waals surface area contributed by atoms with E-state index >= 15 is 0 Å². The Morgan fingerprint density at radius 3 is 2.35 bits per heavy atom. The van der Waals surface area contributed by atoms with Crippen LogP contribution in [0.3, 0.4) is 0 Å². The zero-order valence-electron chi connectivity index (χ0n) is 15.7. The normalized spacial score (nSPS) is 12.2. The van der Waals surface area contributed by atoms with E-state index < -0.39 is 9.84 Å². The number of nitrogens with zero attached hydrogens (tertiary/aromatic N) is 2. The van der Waals surface area contributed by atoms with Gasteiger partial charge in [0.15, 0.2) is 15.8 Å². The Morgan fingerprint density at radius 1 is 1.15 bits per heavy atom. The van der Waals surface area contributed by atoms with Gasteiger partial charge in [0.2, 0.25) is 0 Å². The van der Waals surface area contributed by atoms with Crippen molar-refractivity contribution in [1.29, 1.82) is 0 Å². The maximum Gasteiger partial charge on any atom is 0.191 e. The molecule has 1 aromatic heterocycles. The molecule has 142 valence electrons. The molecule has 6 nitrogen and oxygen atoms in total. The number of sulfone groups is 1. The summed E-state index contributed by atoms with van der Waals surface area (Å²) in [6, 6.07) is 7.52. The highest BCUT2D eigenvalue weighted by Gasteiger charge is 2.06. The Kier molecular flexibility index (Phi) is 7.16. The van der Waals surface area contributed by atoms with Crippen LogP contribution in [0.2, 0.25) is 0 Å². The van der Waals surface area contributed by atoms with Gasteiger partial charge in [-0.05, 0) is 31.9 Å². The maximum atomic E-state index is 11.3. The minimum atomic E-state index is -3.01. The van der Waals surface area contributed by atoms with Gasteiger partial charge >= 0.3 is 0 Å². The van der Waals surface area contributed by atoms with Crippen molar-refractivity contribution in [3.05, 3.63) is 51.0 Å². The molecular weight excluding hydrogens is 368 g/mol. The molecule has 0 spiro atoms. The molecule has 0 aliphatic heterocycles. The minimum absolute atomic E-state index is 0.0629. The fourth-order valence-electron chi connectivity index (χ4n) is 2.33. The van der Waals surface area contributed by atoms with Gasteiger partial charge in [-0.2, -0.15) is 0 Å². The van der Waals surface area contributed by atoms with Crippen molar-refractivity contribution in [2.24, 2.45) is 4.99 Å². The van der Waals surface area contributed by atoms with Gasteiger partial charge < -0.3 is 10.6 Å². The number of thiazole rings is 1. The van der Waals surface area contributed by atoms with Gasteiger partial charge in [-0.1, -0.05) is 24.3 Å². The zero-order chi connectivity index (χ0) is 19.2. The van der Waals surface area contributed by atoms with Crippen LogP contribution in [-0.4, -0.2) is 32.2 Å². The zero-order valence-corrected chi connectivity index (χ0v) is 17.3. The van der Waals surface area contributed by atoms with Crippen LogP contribution in [0, 0.1) is 13.8 Å². The van der Waals surface area contributed by atoms with Gasteiger partial charge in [-0.15, -0.1) is 11.3 Å². The van der Waals surface area contributed by atoms with E-state index in [0.717, 1.165) is 34.3 Å². The summed E-state index contributed by atoms with van der Waals surface area (Å²) in [7, 11) is -3.01. The van der Waals surface area contributed by atoms with Crippen molar-refractivity contribution >= 4 is 27.1 Å². The van der Waals surface area contributed by atoms with Crippen LogP contribution in [0.1, 0.15) is 33.6 Å². The van der Waals surface area contributed by atoms with Crippen LogP contribution in [0.5, 0.6) is 0 Å². The van der Waals surface area contributed by atoms with Crippen molar-refractivity contribution in [2.45, 2.75) is 39.6 Å². The molecule has 0 aliphatic carbocycles. The second-order valence-corrected chi connectivity index (χ2v) is 9.61. The SMILES string of the molecule is CCNC(=NCc1ccc(CS(C)(=O)=O)cc1)NCc1nc(C)c(C)s1. The molecule has 2 N–H and O–H groups in total. The Bertz CT molecular complexity index is 836. The summed E-state index contributed by atoms with van der Waals surface area (Å²) in [4.78, 5) is 10.3. The number of benzene rings is 1. The van der Waals surface area contributed by atoms with Gasteiger partial charge in [-0.25, -0.2) is 18.4 Å². The van der Waals surface area contributed by atoms with Gasteiger partial charge in [-0.3, -0.25) is 0 Å². The third-order valence-electron chi connectivity index (χ3n) is 3.70. The maximum absolute atomic E-state index is 11.3. The van der Waals surface area contributed by atoms with Crippen molar-refractivity contribution in [1.82, 2.24) is 15.6 Å². The predicted molar refractivity (Wildman–Crippen MR) is 108 cm³/mol. The average Bonchev–Trinajstić information content (AvgIpc) is 2.88. The van der Waals surface area contributed by atoms with Gasteiger partial charge in [0.05, 0.1) is 24.5 Å². The molecule has 0 saturated heterocycles. The lowest BCUT2D eigenvalue weighted by molar-refractivity contribution is 0.601. The summed E-state index contributed by atoms with van der Waals surface area (Å²) < 4.78 is 22.7. The number of hydrogen-bond acceptors (Lipinski definition) is 5. The summed E-state index contributed by atoms with van der Waals surface area (Å²) in [6.45, 7) is 8.04. The lowest BCUT2D eigenvalue weighted by Gasteiger charge is -2.10. The summed E-state index contributed by atoms with van der Waals surface area (Å²) in [5, 5.41) is 7.56. The monoisotopic (exact) mass is 394 g/mol. The number of aromatic nitrogens is 1. The number of guanidine groups is 1. The van der Waals surface area contributed by atoms with Crippen LogP contribution in [0.15, 0.2) is 29.3 Å². The van der Waals surface area contributed by atoms with E-state index in [1.807, 2.05) is 38.1 Å². The quantitative estimate of drug-likeness (QED) is 0.557. The van der Waals surface area contributed by atoms with Crippen molar-refractivity contribution in [3.63, 3.8) is 0 Å². The van der Waals surface area contributed by atoms with Gasteiger partial charge in [0, 0.05) is 17.7 Å². The number of hydrogen-bond donors (Lipinski definition) is 2. The lowest BCUT2D eigenvalue weighted by atomic mass is 10.1. The molecule has 0 fully saturated rings. The van der Waals surface area contributed by atoms with E-state index in [4.69, 9.17) is 0 Å². The molecule has 0 aliphatic rings. The third kappa shape index (κ3) is 6.76. The molecule has 8 heteroatoms. The molecule has 0 radical (unpaired) electrons. The Hall–Kier alpha value is -1.93. The number of nitrogens with one attached hydrogen (secondary N) is 2. The molecule has 2 aromatic rings. The summed E-state index contributed by atoms with van der Waals surface area (Å²) in [6.07, 6.45) is 1.24. The van der Waals surface area contributed by atoms with E-state index in [2.05, 4.69) is 27.5 Å². The minimum Gasteiger partial charge on any atom is -0.357 e. The molecule has 0 atom stereocenters. The second-order valence-electron chi connectivity index (χ2n) is 6.18. The van der Waals surface area contributed by atoms with Crippen molar-refractivity contribution in [2.75, 3.05) is 12.8 Å². The van der Waals surface area contributed by atoms with E-state index in [-0.39, 0.29) is 5.75 Å². The summed E-state index contributed by atoms with van der Waals surface area (Å²) >= 11 is 1.69. The number of rotatable bonds is 7. The average molecular weight is 395 g/mol. The second kappa shape index (κ2) is 9.14. The van der Waals surface area contributed by atoms with Gasteiger partial charge in [0.25, 0.3) is 0 Å². The molecule has 0 amide bonds. The first-order chi connectivity index (χ1) is 12.3. The van der Waals surface area contributed by atoms with E-state index in [1.165, 1.54) is 11.1 Å². The van der Waals surface area contributed by atoms with Crippen LogP contribution in [-0.2, 0) is 28.7 Å². The Morgan fingerprint density at radius 2 is 1.81 bits per heavy atom. The molecule has 1 heterocycles. The lowest BCUT2D eigenvalue weighted by Crippen LogP contribution is -2.36. The fourth-order valence-corrected chi connectivity index (χ4v) is 4.00. The molecule has 0 bridgehead atoms. The first-order valence-corrected chi connectivity index (χ1v) is 11.3. The first-order valence-electron chi connectivity index (χ1n) is 8.47. The molecule has 0 saturated carbocycles.